The van der Waals surface area contributed by atoms with Crippen molar-refractivity contribution in [2.45, 2.75) is 25.8 Å². The summed E-state index contributed by atoms with van der Waals surface area (Å²) < 4.78 is 4.54. The number of thiazole rings is 1. The molecule has 0 spiro atoms. The SMILES string of the molecule is COC(=O)Nc1nc2c(s1)CN(C(=O)C1CC1)CC2. The van der Waals surface area contributed by atoms with Crippen molar-refractivity contribution in [1.82, 2.24) is 9.88 Å². The molecule has 0 bridgehead atoms. The van der Waals surface area contributed by atoms with Crippen LogP contribution in [0.3, 0.4) is 0 Å². The fourth-order valence-corrected chi connectivity index (χ4v) is 3.17. The van der Waals surface area contributed by atoms with Crippen LogP contribution in [0.15, 0.2) is 0 Å². The molecule has 1 aliphatic carbocycles. The van der Waals surface area contributed by atoms with Crippen molar-refractivity contribution in [2.75, 3.05) is 19.0 Å². The summed E-state index contributed by atoms with van der Waals surface area (Å²) in [6, 6.07) is 0. The first-order chi connectivity index (χ1) is 9.17. The number of anilines is 1. The minimum Gasteiger partial charge on any atom is -0.453 e. The Morgan fingerprint density at radius 2 is 2.26 bits per heavy atom. The van der Waals surface area contributed by atoms with Gasteiger partial charge in [0.2, 0.25) is 5.91 Å². The highest BCUT2D eigenvalue weighted by atomic mass is 32.1. The lowest BCUT2D eigenvalue weighted by Gasteiger charge is -2.26. The Morgan fingerprint density at radius 3 is 2.95 bits per heavy atom. The molecule has 0 radical (unpaired) electrons. The van der Waals surface area contributed by atoms with Crippen LogP contribution in [-0.4, -0.2) is 35.5 Å². The fourth-order valence-electron chi connectivity index (χ4n) is 2.16. The number of hydrogen-bond acceptors (Lipinski definition) is 5. The van der Waals surface area contributed by atoms with Crippen molar-refractivity contribution in [3.8, 4) is 0 Å². The maximum Gasteiger partial charge on any atom is 0.413 e. The van der Waals surface area contributed by atoms with E-state index in [9.17, 15) is 9.59 Å². The van der Waals surface area contributed by atoms with Crippen molar-refractivity contribution in [3.05, 3.63) is 10.6 Å². The maximum atomic E-state index is 12.0. The first-order valence-corrected chi connectivity index (χ1v) is 7.11. The number of aromatic nitrogens is 1. The molecule has 1 aromatic rings. The summed E-state index contributed by atoms with van der Waals surface area (Å²) in [6.45, 7) is 1.34. The second kappa shape index (κ2) is 4.80. The van der Waals surface area contributed by atoms with Gasteiger partial charge in [-0.15, -0.1) is 0 Å². The maximum absolute atomic E-state index is 12.0. The zero-order valence-electron chi connectivity index (χ0n) is 10.6. The minimum absolute atomic E-state index is 0.252. The van der Waals surface area contributed by atoms with E-state index in [1.807, 2.05) is 4.90 Å². The molecule has 2 heterocycles. The number of carbonyl (C=O) groups is 2. The zero-order chi connectivity index (χ0) is 13.4. The Hall–Kier alpha value is -1.63. The largest absolute Gasteiger partial charge is 0.453 e. The average molecular weight is 281 g/mol. The standard InChI is InChI=1S/C12H15N3O3S/c1-18-12(17)14-11-13-8-4-5-15(6-9(8)19-11)10(16)7-2-3-7/h7H,2-6H2,1H3,(H,13,14,17). The van der Waals surface area contributed by atoms with Crippen LogP contribution in [0, 0.1) is 5.92 Å². The molecule has 0 saturated heterocycles. The van der Waals surface area contributed by atoms with Gasteiger partial charge >= 0.3 is 6.09 Å². The normalized spacial score (nSPS) is 17.8. The van der Waals surface area contributed by atoms with E-state index in [4.69, 9.17) is 0 Å². The van der Waals surface area contributed by atoms with Crippen molar-refractivity contribution in [3.63, 3.8) is 0 Å². The van der Waals surface area contributed by atoms with E-state index in [1.165, 1.54) is 18.4 Å². The molecule has 1 saturated carbocycles. The minimum atomic E-state index is -0.517. The lowest BCUT2D eigenvalue weighted by molar-refractivity contribution is -0.133. The van der Waals surface area contributed by atoms with Crippen LogP contribution in [0.5, 0.6) is 0 Å². The molecule has 7 heteroatoms. The Bertz CT molecular complexity index is 524. The summed E-state index contributed by atoms with van der Waals surface area (Å²) in [5, 5.41) is 3.11. The van der Waals surface area contributed by atoms with Crippen LogP contribution in [0.25, 0.3) is 0 Å². The van der Waals surface area contributed by atoms with E-state index in [0.717, 1.165) is 36.4 Å². The molecule has 3 rings (SSSR count). The summed E-state index contributed by atoms with van der Waals surface area (Å²) in [7, 11) is 1.32. The van der Waals surface area contributed by atoms with Gasteiger partial charge in [0.1, 0.15) is 0 Å². The summed E-state index contributed by atoms with van der Waals surface area (Å²) in [4.78, 5) is 30.5. The molecule has 1 aromatic heterocycles. The van der Waals surface area contributed by atoms with Gasteiger partial charge < -0.3 is 9.64 Å². The molecule has 6 nitrogen and oxygen atoms in total. The van der Waals surface area contributed by atoms with E-state index in [2.05, 4.69) is 15.0 Å². The summed E-state index contributed by atoms with van der Waals surface area (Å²) >= 11 is 1.42. The van der Waals surface area contributed by atoms with Gasteiger partial charge in [0, 0.05) is 23.8 Å². The number of carbonyl (C=O) groups excluding carboxylic acids is 2. The molecule has 2 amide bonds. The van der Waals surface area contributed by atoms with Gasteiger partial charge in [0.15, 0.2) is 5.13 Å². The van der Waals surface area contributed by atoms with Gasteiger partial charge in [-0.25, -0.2) is 9.78 Å². The zero-order valence-corrected chi connectivity index (χ0v) is 11.5. The van der Waals surface area contributed by atoms with Crippen LogP contribution in [0.1, 0.15) is 23.4 Å². The average Bonchev–Trinajstić information content (AvgIpc) is 3.18. The highest BCUT2D eigenvalue weighted by Gasteiger charge is 2.35. The number of amides is 2. The third-order valence-corrected chi connectivity index (χ3v) is 4.36. The van der Waals surface area contributed by atoms with Crippen molar-refractivity contribution >= 4 is 28.5 Å². The lowest BCUT2D eigenvalue weighted by Crippen LogP contribution is -2.36. The molecular formula is C12H15N3O3S. The third kappa shape index (κ3) is 2.56. The molecule has 1 N–H and O–H groups in total. The monoisotopic (exact) mass is 281 g/mol. The summed E-state index contributed by atoms with van der Waals surface area (Å²) in [5.74, 6) is 0.517. The second-order valence-electron chi connectivity index (χ2n) is 4.79. The smallest absolute Gasteiger partial charge is 0.413 e. The van der Waals surface area contributed by atoms with E-state index < -0.39 is 6.09 Å². The Balaban J connectivity index is 1.70. The Kier molecular flexibility index (Phi) is 3.14. The van der Waals surface area contributed by atoms with Gasteiger partial charge in [-0.1, -0.05) is 11.3 Å². The van der Waals surface area contributed by atoms with Crippen LogP contribution in [0.4, 0.5) is 9.93 Å². The number of rotatable bonds is 2. The first-order valence-electron chi connectivity index (χ1n) is 6.29. The van der Waals surface area contributed by atoms with Crippen LogP contribution >= 0.6 is 11.3 Å². The molecule has 1 fully saturated rings. The van der Waals surface area contributed by atoms with Crippen LogP contribution in [-0.2, 0) is 22.5 Å². The van der Waals surface area contributed by atoms with E-state index >= 15 is 0 Å². The van der Waals surface area contributed by atoms with Crippen LogP contribution in [0.2, 0.25) is 0 Å². The van der Waals surface area contributed by atoms with E-state index in [1.54, 1.807) is 0 Å². The quantitative estimate of drug-likeness (QED) is 0.894. The molecular weight excluding hydrogens is 266 g/mol. The van der Waals surface area contributed by atoms with Crippen molar-refractivity contribution in [1.29, 1.82) is 0 Å². The first kappa shape index (κ1) is 12.4. The molecule has 0 aromatic carbocycles. The fraction of sp³-hybridized carbons (Fsp3) is 0.583. The van der Waals surface area contributed by atoms with Gasteiger partial charge in [-0.3, -0.25) is 10.1 Å². The number of methoxy groups -OCH3 is 1. The van der Waals surface area contributed by atoms with Crippen molar-refractivity contribution < 1.29 is 14.3 Å². The molecule has 2 aliphatic rings. The van der Waals surface area contributed by atoms with Gasteiger partial charge in [-0.05, 0) is 12.8 Å². The molecule has 102 valence electrons. The second-order valence-corrected chi connectivity index (χ2v) is 5.87. The van der Waals surface area contributed by atoms with Gasteiger partial charge in [-0.2, -0.15) is 0 Å². The predicted molar refractivity (Wildman–Crippen MR) is 70.0 cm³/mol. The topological polar surface area (TPSA) is 71.5 Å². The molecule has 1 aliphatic heterocycles. The Morgan fingerprint density at radius 1 is 1.47 bits per heavy atom. The highest BCUT2D eigenvalue weighted by molar-refractivity contribution is 7.15. The van der Waals surface area contributed by atoms with Crippen molar-refractivity contribution in [2.24, 2.45) is 5.92 Å². The van der Waals surface area contributed by atoms with Crippen LogP contribution < -0.4 is 5.32 Å². The van der Waals surface area contributed by atoms with Gasteiger partial charge in [0.05, 0.1) is 19.3 Å². The molecule has 0 atom stereocenters. The molecule has 19 heavy (non-hydrogen) atoms. The number of nitrogens with one attached hydrogen (secondary N) is 1. The Labute approximate surface area is 114 Å². The lowest BCUT2D eigenvalue weighted by atomic mass is 10.1. The number of fused-ring (bicyclic) bond motifs is 1. The number of ether oxygens (including phenoxy) is 1. The summed E-state index contributed by atoms with van der Waals surface area (Å²) in [5.41, 5.74) is 0.983. The highest BCUT2D eigenvalue weighted by Crippen LogP contribution is 2.34. The van der Waals surface area contributed by atoms with E-state index in [0.29, 0.717) is 11.7 Å². The predicted octanol–water partition coefficient (Wildman–Crippen LogP) is 1.62. The third-order valence-electron chi connectivity index (χ3n) is 3.36. The van der Waals surface area contributed by atoms with E-state index in [-0.39, 0.29) is 11.8 Å². The van der Waals surface area contributed by atoms with Gasteiger partial charge in [0.25, 0.3) is 0 Å². The number of nitrogens with zero attached hydrogens (tertiary/aromatic N) is 2. The number of hydrogen-bond donors (Lipinski definition) is 1. The summed E-state index contributed by atoms with van der Waals surface area (Å²) in [6.07, 6.45) is 2.30. The molecule has 0 unspecified atom stereocenters.